The maximum atomic E-state index is 12.9. The molecule has 0 saturated carbocycles. The van der Waals surface area contributed by atoms with Gasteiger partial charge in [-0.15, -0.1) is 0 Å². The smallest absolute Gasteiger partial charge is 0.253 e. The van der Waals surface area contributed by atoms with Crippen molar-refractivity contribution in [3.05, 3.63) is 60.2 Å². The van der Waals surface area contributed by atoms with Crippen molar-refractivity contribution in [2.45, 2.75) is 4.90 Å². The van der Waals surface area contributed by atoms with Gasteiger partial charge in [-0.2, -0.15) is 4.31 Å². The summed E-state index contributed by atoms with van der Waals surface area (Å²) in [7, 11) is -2.20. The zero-order valence-corrected chi connectivity index (χ0v) is 14.8. The average Bonchev–Trinajstić information content (AvgIpc) is 2.68. The van der Waals surface area contributed by atoms with Crippen molar-refractivity contribution < 1.29 is 17.9 Å². The molecule has 0 atom stereocenters. The molecule has 1 fully saturated rings. The molecule has 0 unspecified atom stereocenters. The molecule has 25 heavy (non-hydrogen) atoms. The topological polar surface area (TPSA) is 66.9 Å². The van der Waals surface area contributed by atoms with Gasteiger partial charge in [0.2, 0.25) is 10.0 Å². The predicted octanol–water partition coefficient (Wildman–Crippen LogP) is 1.84. The van der Waals surface area contributed by atoms with Crippen LogP contribution in [0.25, 0.3) is 0 Å². The van der Waals surface area contributed by atoms with Gasteiger partial charge in [-0.1, -0.05) is 30.3 Å². The largest absolute Gasteiger partial charge is 0.495 e. The maximum Gasteiger partial charge on any atom is 0.253 e. The number of hydrogen-bond acceptors (Lipinski definition) is 4. The highest BCUT2D eigenvalue weighted by Crippen LogP contribution is 2.27. The van der Waals surface area contributed by atoms with Crippen molar-refractivity contribution in [3.63, 3.8) is 0 Å². The van der Waals surface area contributed by atoms with Gasteiger partial charge in [0.25, 0.3) is 5.91 Å². The summed E-state index contributed by atoms with van der Waals surface area (Å²) in [6.07, 6.45) is 0. The molecule has 7 heteroatoms. The molecule has 1 amide bonds. The zero-order valence-electron chi connectivity index (χ0n) is 14.0. The number of rotatable bonds is 4. The van der Waals surface area contributed by atoms with E-state index < -0.39 is 10.0 Å². The Morgan fingerprint density at radius 3 is 2.16 bits per heavy atom. The standard InChI is InChI=1S/C18H20N2O4S/c1-24-16-9-5-6-10-17(16)25(22,23)20-13-11-19(12-14-20)18(21)15-7-3-2-4-8-15/h2-10H,11-14H2,1H3. The van der Waals surface area contributed by atoms with Gasteiger partial charge in [-0.05, 0) is 24.3 Å². The van der Waals surface area contributed by atoms with Crippen LogP contribution in [0.5, 0.6) is 5.75 Å². The zero-order chi connectivity index (χ0) is 17.9. The number of nitrogens with zero attached hydrogens (tertiary/aromatic N) is 2. The lowest BCUT2D eigenvalue weighted by molar-refractivity contribution is 0.0698. The number of para-hydroxylation sites is 1. The van der Waals surface area contributed by atoms with Crippen LogP contribution in [-0.2, 0) is 10.0 Å². The van der Waals surface area contributed by atoms with E-state index >= 15 is 0 Å². The second-order valence-electron chi connectivity index (χ2n) is 5.71. The number of hydrogen-bond donors (Lipinski definition) is 0. The Labute approximate surface area is 147 Å². The number of benzene rings is 2. The van der Waals surface area contributed by atoms with Crippen LogP contribution in [0, 0.1) is 0 Å². The number of piperazine rings is 1. The fourth-order valence-corrected chi connectivity index (χ4v) is 4.44. The number of amides is 1. The minimum atomic E-state index is -3.65. The first-order chi connectivity index (χ1) is 12.0. The maximum absolute atomic E-state index is 12.9. The van der Waals surface area contributed by atoms with E-state index in [2.05, 4.69) is 0 Å². The molecule has 3 rings (SSSR count). The molecule has 0 radical (unpaired) electrons. The Kier molecular flexibility index (Phi) is 5.06. The third-order valence-electron chi connectivity index (χ3n) is 4.23. The number of methoxy groups -OCH3 is 1. The summed E-state index contributed by atoms with van der Waals surface area (Å²) < 4.78 is 32.3. The second kappa shape index (κ2) is 7.25. The lowest BCUT2D eigenvalue weighted by Gasteiger charge is -2.34. The molecule has 0 aliphatic carbocycles. The van der Waals surface area contributed by atoms with E-state index in [1.807, 2.05) is 18.2 Å². The average molecular weight is 360 g/mol. The normalized spacial score (nSPS) is 15.8. The molecule has 2 aromatic carbocycles. The summed E-state index contributed by atoms with van der Waals surface area (Å²) in [6, 6.07) is 15.6. The van der Waals surface area contributed by atoms with Crippen LogP contribution in [0.2, 0.25) is 0 Å². The first-order valence-electron chi connectivity index (χ1n) is 8.01. The highest BCUT2D eigenvalue weighted by atomic mass is 32.2. The first kappa shape index (κ1) is 17.4. The summed E-state index contributed by atoms with van der Waals surface area (Å²) in [5, 5.41) is 0. The highest BCUT2D eigenvalue weighted by Gasteiger charge is 2.32. The molecule has 1 aliphatic heterocycles. The Morgan fingerprint density at radius 1 is 0.920 bits per heavy atom. The Morgan fingerprint density at radius 2 is 1.52 bits per heavy atom. The van der Waals surface area contributed by atoms with E-state index in [1.165, 1.54) is 17.5 Å². The van der Waals surface area contributed by atoms with E-state index in [9.17, 15) is 13.2 Å². The van der Waals surface area contributed by atoms with Crippen LogP contribution in [0.3, 0.4) is 0 Å². The molecule has 132 valence electrons. The third kappa shape index (κ3) is 3.52. The van der Waals surface area contributed by atoms with E-state index in [0.29, 0.717) is 24.4 Å². The van der Waals surface area contributed by atoms with Crippen LogP contribution in [0.4, 0.5) is 0 Å². The second-order valence-corrected chi connectivity index (χ2v) is 7.62. The van der Waals surface area contributed by atoms with Crippen molar-refractivity contribution in [2.75, 3.05) is 33.3 Å². The highest BCUT2D eigenvalue weighted by molar-refractivity contribution is 7.89. The summed E-state index contributed by atoms with van der Waals surface area (Å²) in [6.45, 7) is 1.25. The van der Waals surface area contributed by atoms with Gasteiger partial charge in [0, 0.05) is 31.7 Å². The first-order valence-corrected chi connectivity index (χ1v) is 9.45. The van der Waals surface area contributed by atoms with Crippen LogP contribution in [0.15, 0.2) is 59.5 Å². The molecule has 1 saturated heterocycles. The van der Waals surface area contributed by atoms with Crippen molar-refractivity contribution in [3.8, 4) is 5.75 Å². The molecule has 1 aliphatic rings. The minimum absolute atomic E-state index is 0.0741. The summed E-state index contributed by atoms with van der Waals surface area (Å²) in [5.74, 6) is 0.250. The van der Waals surface area contributed by atoms with Crippen molar-refractivity contribution in [2.24, 2.45) is 0 Å². The van der Waals surface area contributed by atoms with Crippen molar-refractivity contribution in [1.29, 1.82) is 0 Å². The molecule has 2 aromatic rings. The molecular formula is C18H20N2O4S. The number of carbonyl (C=O) groups excluding carboxylic acids is 1. The quantitative estimate of drug-likeness (QED) is 0.834. The van der Waals surface area contributed by atoms with Gasteiger partial charge in [-0.25, -0.2) is 8.42 Å². The summed E-state index contributed by atoms with van der Waals surface area (Å²) in [4.78, 5) is 14.3. The predicted molar refractivity (Wildman–Crippen MR) is 94.1 cm³/mol. The molecule has 1 heterocycles. The van der Waals surface area contributed by atoms with Gasteiger partial charge in [0.1, 0.15) is 10.6 Å². The Balaban J connectivity index is 1.72. The lowest BCUT2D eigenvalue weighted by Crippen LogP contribution is -2.50. The molecule has 0 N–H and O–H groups in total. The van der Waals surface area contributed by atoms with Gasteiger partial charge in [0.15, 0.2) is 0 Å². The van der Waals surface area contributed by atoms with Crippen LogP contribution < -0.4 is 4.74 Å². The van der Waals surface area contributed by atoms with Crippen molar-refractivity contribution >= 4 is 15.9 Å². The summed E-state index contributed by atoms with van der Waals surface area (Å²) >= 11 is 0. The van der Waals surface area contributed by atoms with Crippen molar-refractivity contribution in [1.82, 2.24) is 9.21 Å². The number of carbonyl (C=O) groups is 1. The van der Waals surface area contributed by atoms with E-state index in [4.69, 9.17) is 4.74 Å². The monoisotopic (exact) mass is 360 g/mol. The minimum Gasteiger partial charge on any atom is -0.495 e. The van der Waals surface area contributed by atoms with Gasteiger partial charge in [-0.3, -0.25) is 4.79 Å². The Hall–Kier alpha value is -2.38. The van der Waals surface area contributed by atoms with E-state index in [-0.39, 0.29) is 23.9 Å². The molecule has 6 nitrogen and oxygen atoms in total. The van der Waals surface area contributed by atoms with Crippen LogP contribution >= 0.6 is 0 Å². The summed E-state index contributed by atoms with van der Waals surface area (Å²) in [5.41, 5.74) is 0.614. The van der Waals surface area contributed by atoms with Gasteiger partial charge >= 0.3 is 0 Å². The van der Waals surface area contributed by atoms with Gasteiger partial charge < -0.3 is 9.64 Å². The molecule has 0 aromatic heterocycles. The number of sulfonamides is 1. The third-order valence-corrected chi connectivity index (χ3v) is 6.17. The van der Waals surface area contributed by atoms with Gasteiger partial charge in [0.05, 0.1) is 7.11 Å². The van der Waals surface area contributed by atoms with E-state index in [0.717, 1.165) is 0 Å². The Bertz CT molecular complexity index is 844. The lowest BCUT2D eigenvalue weighted by atomic mass is 10.2. The van der Waals surface area contributed by atoms with E-state index in [1.54, 1.807) is 35.2 Å². The molecule has 0 spiro atoms. The fraction of sp³-hybridized carbons (Fsp3) is 0.278. The number of ether oxygens (including phenoxy) is 1. The van der Waals surface area contributed by atoms with Crippen LogP contribution in [0.1, 0.15) is 10.4 Å². The van der Waals surface area contributed by atoms with Crippen LogP contribution in [-0.4, -0.2) is 56.8 Å². The molecular weight excluding hydrogens is 340 g/mol. The fourth-order valence-electron chi connectivity index (χ4n) is 2.87. The SMILES string of the molecule is COc1ccccc1S(=O)(=O)N1CCN(C(=O)c2ccccc2)CC1. The molecule has 0 bridgehead atoms.